The number of aromatic nitrogens is 2. The molecule has 88 valence electrons. The highest BCUT2D eigenvalue weighted by atomic mass is 32.2. The molecular formula is C12H13N3OS. The maximum Gasteiger partial charge on any atom is 0.225 e. The molecule has 0 amide bonds. The fraction of sp³-hybridized carbons (Fsp3) is 0.167. The van der Waals surface area contributed by atoms with E-state index in [9.17, 15) is 0 Å². The van der Waals surface area contributed by atoms with E-state index in [4.69, 9.17) is 4.74 Å². The zero-order valence-electron chi connectivity index (χ0n) is 9.68. The second kappa shape index (κ2) is 5.54. The summed E-state index contributed by atoms with van der Waals surface area (Å²) in [6.45, 7) is 0. The normalized spacial score (nSPS) is 10.0. The van der Waals surface area contributed by atoms with Gasteiger partial charge >= 0.3 is 0 Å². The van der Waals surface area contributed by atoms with Crippen LogP contribution in [0.25, 0.3) is 0 Å². The van der Waals surface area contributed by atoms with Crippen molar-refractivity contribution in [1.82, 2.24) is 9.97 Å². The molecule has 17 heavy (non-hydrogen) atoms. The second-order valence-corrected chi connectivity index (χ2v) is 4.13. The van der Waals surface area contributed by atoms with E-state index < -0.39 is 0 Å². The largest absolute Gasteiger partial charge is 0.439 e. The van der Waals surface area contributed by atoms with Gasteiger partial charge in [0.05, 0.1) is 0 Å². The highest BCUT2D eigenvalue weighted by Gasteiger charge is 2.00. The van der Waals surface area contributed by atoms with Crippen LogP contribution in [0.15, 0.2) is 41.4 Å². The van der Waals surface area contributed by atoms with E-state index in [2.05, 4.69) is 15.3 Å². The first-order valence-corrected chi connectivity index (χ1v) is 6.37. The van der Waals surface area contributed by atoms with Crippen LogP contribution in [0.5, 0.6) is 11.6 Å². The molecule has 0 radical (unpaired) electrons. The van der Waals surface area contributed by atoms with Crippen molar-refractivity contribution >= 4 is 17.7 Å². The average molecular weight is 247 g/mol. The van der Waals surface area contributed by atoms with E-state index in [0.29, 0.717) is 11.8 Å². The van der Waals surface area contributed by atoms with Crippen LogP contribution >= 0.6 is 11.8 Å². The Bertz CT molecular complexity index is 487. The van der Waals surface area contributed by atoms with Crippen LogP contribution in [0.3, 0.4) is 0 Å². The number of nitrogens with one attached hydrogen (secondary N) is 1. The van der Waals surface area contributed by atoms with Gasteiger partial charge in [-0.2, -0.15) is 4.98 Å². The molecule has 4 nitrogen and oxygen atoms in total. The number of thioether (sulfide) groups is 1. The van der Waals surface area contributed by atoms with Gasteiger partial charge in [0.2, 0.25) is 11.8 Å². The van der Waals surface area contributed by atoms with Crippen molar-refractivity contribution in [3.05, 3.63) is 36.5 Å². The summed E-state index contributed by atoms with van der Waals surface area (Å²) in [5, 5.41) is 2.87. The van der Waals surface area contributed by atoms with Gasteiger partial charge in [-0.15, -0.1) is 11.8 Å². The predicted octanol–water partition coefficient (Wildman–Crippen LogP) is 3.03. The third kappa shape index (κ3) is 3.10. The van der Waals surface area contributed by atoms with Crippen LogP contribution in [0, 0.1) is 0 Å². The third-order valence-corrected chi connectivity index (χ3v) is 2.88. The van der Waals surface area contributed by atoms with Crippen LogP contribution in [-0.4, -0.2) is 23.3 Å². The van der Waals surface area contributed by atoms with Crippen LogP contribution in [0.4, 0.5) is 5.95 Å². The Morgan fingerprint density at radius 2 is 1.94 bits per heavy atom. The molecule has 1 aromatic heterocycles. The van der Waals surface area contributed by atoms with Gasteiger partial charge in [-0.3, -0.25) is 0 Å². The lowest BCUT2D eigenvalue weighted by Gasteiger charge is -2.06. The average Bonchev–Trinajstić information content (AvgIpc) is 2.40. The number of rotatable bonds is 4. The molecule has 1 heterocycles. The Hall–Kier alpha value is -1.75. The Balaban J connectivity index is 2.13. The van der Waals surface area contributed by atoms with Crippen LogP contribution in [0.1, 0.15) is 0 Å². The van der Waals surface area contributed by atoms with Gasteiger partial charge in [-0.1, -0.05) is 0 Å². The number of hydrogen-bond donors (Lipinski definition) is 1. The van der Waals surface area contributed by atoms with E-state index in [0.717, 1.165) is 5.75 Å². The van der Waals surface area contributed by atoms with Gasteiger partial charge in [0.15, 0.2) is 0 Å². The highest BCUT2D eigenvalue weighted by Crippen LogP contribution is 2.23. The molecule has 1 N–H and O–H groups in total. The van der Waals surface area contributed by atoms with Crippen molar-refractivity contribution in [2.24, 2.45) is 0 Å². The first-order chi connectivity index (χ1) is 8.31. The molecule has 5 heteroatoms. The number of benzene rings is 1. The fourth-order valence-corrected chi connectivity index (χ4v) is 1.69. The molecule has 0 saturated heterocycles. The molecule has 0 fully saturated rings. The van der Waals surface area contributed by atoms with Gasteiger partial charge in [-0.25, -0.2) is 4.98 Å². The summed E-state index contributed by atoms with van der Waals surface area (Å²) in [4.78, 5) is 9.41. The summed E-state index contributed by atoms with van der Waals surface area (Å²) >= 11 is 1.70. The van der Waals surface area contributed by atoms with Gasteiger partial charge in [-0.05, 0) is 30.5 Å². The number of anilines is 1. The molecule has 0 unspecified atom stereocenters. The molecule has 0 saturated carbocycles. The van der Waals surface area contributed by atoms with Gasteiger partial charge in [0.25, 0.3) is 0 Å². The summed E-state index contributed by atoms with van der Waals surface area (Å²) in [5.74, 6) is 1.84. The SMILES string of the molecule is CNc1nccc(Oc2ccc(SC)cc2)n1. The molecule has 2 aromatic rings. The van der Waals surface area contributed by atoms with Crippen molar-refractivity contribution in [1.29, 1.82) is 0 Å². The first kappa shape index (κ1) is 11.7. The van der Waals surface area contributed by atoms with E-state index >= 15 is 0 Å². The van der Waals surface area contributed by atoms with Crippen LogP contribution in [-0.2, 0) is 0 Å². The van der Waals surface area contributed by atoms with E-state index in [1.54, 1.807) is 31.1 Å². The standard InChI is InChI=1S/C12H13N3OS/c1-13-12-14-8-7-11(15-12)16-9-3-5-10(17-2)6-4-9/h3-8H,1-2H3,(H,13,14,15). The Labute approximate surface area is 104 Å². The van der Waals surface area contributed by atoms with Crippen LogP contribution in [0.2, 0.25) is 0 Å². The maximum atomic E-state index is 5.62. The smallest absolute Gasteiger partial charge is 0.225 e. The lowest BCUT2D eigenvalue weighted by atomic mass is 10.3. The van der Waals surface area contributed by atoms with E-state index in [1.807, 2.05) is 30.5 Å². The number of ether oxygens (including phenoxy) is 1. The Morgan fingerprint density at radius 1 is 1.18 bits per heavy atom. The Morgan fingerprint density at radius 3 is 2.59 bits per heavy atom. The molecule has 2 rings (SSSR count). The van der Waals surface area contributed by atoms with E-state index in [1.165, 1.54) is 4.90 Å². The van der Waals surface area contributed by atoms with Crippen molar-refractivity contribution in [2.45, 2.75) is 4.90 Å². The second-order valence-electron chi connectivity index (χ2n) is 3.25. The van der Waals surface area contributed by atoms with Gasteiger partial charge in [0.1, 0.15) is 5.75 Å². The minimum absolute atomic E-state index is 0.529. The van der Waals surface area contributed by atoms with Gasteiger partial charge in [0, 0.05) is 24.2 Å². The minimum Gasteiger partial charge on any atom is -0.439 e. The van der Waals surface area contributed by atoms with Crippen molar-refractivity contribution < 1.29 is 4.74 Å². The zero-order valence-corrected chi connectivity index (χ0v) is 10.5. The first-order valence-electron chi connectivity index (χ1n) is 5.14. The summed E-state index contributed by atoms with van der Waals surface area (Å²) in [5.41, 5.74) is 0. The summed E-state index contributed by atoms with van der Waals surface area (Å²) in [7, 11) is 1.77. The minimum atomic E-state index is 0.529. The number of hydrogen-bond acceptors (Lipinski definition) is 5. The molecule has 0 aliphatic carbocycles. The summed E-state index contributed by atoms with van der Waals surface area (Å²) in [6, 6.07) is 9.60. The van der Waals surface area contributed by atoms with Crippen molar-refractivity contribution in [3.8, 4) is 11.6 Å². The Kier molecular flexibility index (Phi) is 3.82. The lowest BCUT2D eigenvalue weighted by Crippen LogP contribution is -1.97. The topological polar surface area (TPSA) is 47.0 Å². The molecule has 0 aliphatic heterocycles. The van der Waals surface area contributed by atoms with E-state index in [-0.39, 0.29) is 0 Å². The third-order valence-electron chi connectivity index (χ3n) is 2.14. The molecular weight excluding hydrogens is 234 g/mol. The molecule has 0 bridgehead atoms. The monoisotopic (exact) mass is 247 g/mol. The van der Waals surface area contributed by atoms with Crippen LogP contribution < -0.4 is 10.1 Å². The molecule has 0 aliphatic rings. The maximum absolute atomic E-state index is 5.62. The van der Waals surface area contributed by atoms with Gasteiger partial charge < -0.3 is 10.1 Å². The van der Waals surface area contributed by atoms with Crippen molar-refractivity contribution in [2.75, 3.05) is 18.6 Å². The molecule has 1 aromatic carbocycles. The zero-order chi connectivity index (χ0) is 12.1. The highest BCUT2D eigenvalue weighted by molar-refractivity contribution is 7.98. The number of nitrogens with zero attached hydrogens (tertiary/aromatic N) is 2. The molecule has 0 spiro atoms. The molecule has 0 atom stereocenters. The quantitative estimate of drug-likeness (QED) is 0.841. The lowest BCUT2D eigenvalue weighted by molar-refractivity contribution is 0.462. The fourth-order valence-electron chi connectivity index (χ4n) is 1.28. The predicted molar refractivity (Wildman–Crippen MR) is 69.9 cm³/mol. The van der Waals surface area contributed by atoms with Crippen molar-refractivity contribution in [3.63, 3.8) is 0 Å². The summed E-state index contributed by atoms with van der Waals surface area (Å²) in [6.07, 6.45) is 3.70. The summed E-state index contributed by atoms with van der Waals surface area (Å²) < 4.78 is 5.62.